The summed E-state index contributed by atoms with van der Waals surface area (Å²) < 4.78 is 4.34. The number of aliphatic hydroxyl groups is 11. The van der Waals surface area contributed by atoms with Crippen LogP contribution in [-0.2, 0) is 9.53 Å². The first-order chi connectivity index (χ1) is 12.0. The summed E-state index contributed by atoms with van der Waals surface area (Å²) in [4.78, 5) is 11.4. The van der Waals surface area contributed by atoms with Crippen molar-refractivity contribution in [2.45, 2.75) is 54.9 Å². The molecular formula is C13H26O13. The molecule has 0 aromatic carbocycles. The van der Waals surface area contributed by atoms with Crippen molar-refractivity contribution in [1.82, 2.24) is 0 Å². The minimum atomic E-state index is -2.43. The van der Waals surface area contributed by atoms with Crippen LogP contribution < -0.4 is 0 Å². The molecule has 0 fully saturated rings. The van der Waals surface area contributed by atoms with Crippen LogP contribution in [0.5, 0.6) is 0 Å². The summed E-state index contributed by atoms with van der Waals surface area (Å²) in [6.07, 6.45) is -19.7. The van der Waals surface area contributed by atoms with E-state index in [-0.39, 0.29) is 0 Å². The van der Waals surface area contributed by atoms with Gasteiger partial charge in [-0.15, -0.1) is 0 Å². The Kier molecular flexibility index (Phi) is 11.2. The lowest BCUT2D eigenvalue weighted by Crippen LogP contribution is -2.57. The van der Waals surface area contributed by atoms with E-state index >= 15 is 0 Å². The van der Waals surface area contributed by atoms with Gasteiger partial charge in [-0.3, -0.25) is 0 Å². The van der Waals surface area contributed by atoms with Gasteiger partial charge in [-0.05, 0) is 0 Å². The molecule has 0 saturated carbocycles. The summed E-state index contributed by atoms with van der Waals surface area (Å²) in [5.74, 6) is -1.53. The highest BCUT2D eigenvalue weighted by atomic mass is 16.6. The van der Waals surface area contributed by atoms with Crippen LogP contribution in [-0.4, -0.2) is 137 Å². The van der Waals surface area contributed by atoms with Gasteiger partial charge < -0.3 is 60.9 Å². The molecule has 0 rings (SSSR count). The normalized spacial score (nSPS) is 22.4. The summed E-state index contributed by atoms with van der Waals surface area (Å²) in [6, 6.07) is 0. The van der Waals surface area contributed by atoms with Gasteiger partial charge in [0, 0.05) is 0 Å². The lowest BCUT2D eigenvalue weighted by Gasteiger charge is -2.32. The zero-order valence-electron chi connectivity index (χ0n) is 13.6. The molecule has 156 valence electrons. The van der Waals surface area contributed by atoms with Crippen LogP contribution in [0, 0.1) is 0 Å². The molecule has 9 unspecified atom stereocenters. The lowest BCUT2D eigenvalue weighted by atomic mass is 9.93. The molecule has 26 heavy (non-hydrogen) atoms. The van der Waals surface area contributed by atoms with Gasteiger partial charge in [-0.2, -0.15) is 0 Å². The van der Waals surface area contributed by atoms with E-state index in [1.54, 1.807) is 0 Å². The third kappa shape index (κ3) is 6.98. The molecule has 13 heteroatoms. The molecule has 0 aliphatic heterocycles. The zero-order chi connectivity index (χ0) is 20.6. The largest absolute Gasteiger partial charge is 0.461 e. The molecule has 0 aliphatic carbocycles. The van der Waals surface area contributed by atoms with Crippen molar-refractivity contribution in [3.05, 3.63) is 0 Å². The summed E-state index contributed by atoms with van der Waals surface area (Å²) in [5.41, 5.74) is 0. The van der Waals surface area contributed by atoms with Crippen LogP contribution in [0.3, 0.4) is 0 Å². The SMILES string of the molecule is O=C(OCC(O)CO)C(O)C(O)C(O)C(O)C(O)C(O)C(O)C(O)CO. The second kappa shape index (κ2) is 11.7. The van der Waals surface area contributed by atoms with Gasteiger partial charge in [0.2, 0.25) is 0 Å². The van der Waals surface area contributed by atoms with E-state index in [1.807, 2.05) is 0 Å². The van der Waals surface area contributed by atoms with E-state index in [9.17, 15) is 40.5 Å². The highest BCUT2D eigenvalue weighted by Crippen LogP contribution is 2.15. The van der Waals surface area contributed by atoms with Crippen molar-refractivity contribution in [2.24, 2.45) is 0 Å². The Hall–Kier alpha value is -0.970. The first-order valence-electron chi connectivity index (χ1n) is 7.50. The predicted octanol–water partition coefficient (Wildman–Crippen LogP) is -7.24. The van der Waals surface area contributed by atoms with Gasteiger partial charge in [-0.1, -0.05) is 0 Å². The molecule has 0 radical (unpaired) electrons. The fourth-order valence-electron chi connectivity index (χ4n) is 1.79. The van der Waals surface area contributed by atoms with Crippen molar-refractivity contribution in [3.8, 4) is 0 Å². The van der Waals surface area contributed by atoms with Crippen molar-refractivity contribution in [1.29, 1.82) is 0 Å². The van der Waals surface area contributed by atoms with Crippen LogP contribution in [0.25, 0.3) is 0 Å². The van der Waals surface area contributed by atoms with E-state index in [4.69, 9.17) is 20.4 Å². The second-order valence-electron chi connectivity index (χ2n) is 5.60. The fraction of sp³-hybridized carbons (Fsp3) is 0.923. The average molecular weight is 390 g/mol. The monoisotopic (exact) mass is 390 g/mol. The molecule has 0 bridgehead atoms. The van der Waals surface area contributed by atoms with Gasteiger partial charge in [0.05, 0.1) is 13.2 Å². The Morgan fingerprint density at radius 3 is 1.50 bits per heavy atom. The Morgan fingerprint density at radius 1 is 0.654 bits per heavy atom. The molecule has 11 N–H and O–H groups in total. The van der Waals surface area contributed by atoms with Crippen LogP contribution >= 0.6 is 0 Å². The molecule has 0 aromatic rings. The van der Waals surface area contributed by atoms with E-state index < -0.39 is 80.7 Å². The molecular weight excluding hydrogens is 364 g/mol. The predicted molar refractivity (Wildman–Crippen MR) is 79.2 cm³/mol. The molecule has 0 aliphatic rings. The Labute approximate surface area is 147 Å². The van der Waals surface area contributed by atoms with E-state index in [0.717, 1.165) is 0 Å². The highest BCUT2D eigenvalue weighted by Gasteiger charge is 2.42. The van der Waals surface area contributed by atoms with Crippen LogP contribution in [0.4, 0.5) is 0 Å². The van der Waals surface area contributed by atoms with Crippen LogP contribution in [0.15, 0.2) is 0 Å². The summed E-state index contributed by atoms with van der Waals surface area (Å²) in [6.45, 7) is -2.47. The maximum atomic E-state index is 11.4. The fourth-order valence-corrected chi connectivity index (χ4v) is 1.79. The zero-order valence-corrected chi connectivity index (χ0v) is 13.6. The number of hydrogen-bond acceptors (Lipinski definition) is 13. The van der Waals surface area contributed by atoms with E-state index in [2.05, 4.69) is 4.74 Å². The van der Waals surface area contributed by atoms with Gasteiger partial charge in [-0.25, -0.2) is 4.79 Å². The third-order valence-electron chi connectivity index (χ3n) is 3.52. The number of rotatable bonds is 12. The molecule has 0 heterocycles. The van der Waals surface area contributed by atoms with Gasteiger partial charge in [0.15, 0.2) is 6.10 Å². The van der Waals surface area contributed by atoms with Crippen molar-refractivity contribution in [3.63, 3.8) is 0 Å². The molecule has 9 atom stereocenters. The lowest BCUT2D eigenvalue weighted by molar-refractivity contribution is -0.189. The molecule has 13 nitrogen and oxygen atoms in total. The van der Waals surface area contributed by atoms with Crippen molar-refractivity contribution in [2.75, 3.05) is 19.8 Å². The second-order valence-corrected chi connectivity index (χ2v) is 5.60. The first kappa shape index (κ1) is 25.0. The third-order valence-corrected chi connectivity index (χ3v) is 3.52. The van der Waals surface area contributed by atoms with Crippen molar-refractivity contribution >= 4 is 5.97 Å². The Bertz CT molecular complexity index is 407. The number of hydrogen-bond donors (Lipinski definition) is 11. The Balaban J connectivity index is 4.82. The van der Waals surface area contributed by atoms with Crippen molar-refractivity contribution < 1.29 is 65.7 Å². The highest BCUT2D eigenvalue weighted by molar-refractivity contribution is 5.75. The number of esters is 1. The number of carbonyl (C=O) groups is 1. The standard InChI is InChI=1S/C13H26O13/c14-1-4(16)3-26-13(25)12(24)11(23)10(22)9(21)8(20)7(19)6(18)5(17)2-15/h4-12,14-24H,1-3H2. The summed E-state index contributed by atoms with van der Waals surface area (Å²) in [7, 11) is 0. The average Bonchev–Trinajstić information content (AvgIpc) is 2.66. The number of aliphatic hydroxyl groups excluding tert-OH is 11. The minimum absolute atomic E-state index is 0.732. The number of ether oxygens (including phenoxy) is 1. The summed E-state index contributed by atoms with van der Waals surface area (Å²) in [5, 5.41) is 103. The van der Waals surface area contributed by atoms with Gasteiger partial charge >= 0.3 is 5.97 Å². The molecule has 0 spiro atoms. The Morgan fingerprint density at radius 2 is 1.08 bits per heavy atom. The first-order valence-corrected chi connectivity index (χ1v) is 7.50. The van der Waals surface area contributed by atoms with Gasteiger partial charge in [0.1, 0.15) is 55.4 Å². The topological polar surface area (TPSA) is 249 Å². The molecule has 0 aromatic heterocycles. The maximum absolute atomic E-state index is 11.4. The minimum Gasteiger partial charge on any atom is -0.461 e. The summed E-state index contributed by atoms with van der Waals surface area (Å²) >= 11 is 0. The van der Waals surface area contributed by atoms with E-state index in [0.29, 0.717) is 0 Å². The van der Waals surface area contributed by atoms with Crippen LogP contribution in [0.2, 0.25) is 0 Å². The van der Waals surface area contributed by atoms with Crippen LogP contribution in [0.1, 0.15) is 0 Å². The molecule has 0 amide bonds. The van der Waals surface area contributed by atoms with Gasteiger partial charge in [0.25, 0.3) is 0 Å². The maximum Gasteiger partial charge on any atom is 0.337 e. The number of carbonyl (C=O) groups excluding carboxylic acids is 1. The van der Waals surface area contributed by atoms with E-state index in [1.165, 1.54) is 0 Å². The quantitative estimate of drug-likeness (QED) is 0.139. The molecule has 0 saturated heterocycles. The smallest absolute Gasteiger partial charge is 0.337 e.